The predicted octanol–water partition coefficient (Wildman–Crippen LogP) is 4.92. The quantitative estimate of drug-likeness (QED) is 0.518. The maximum Gasteiger partial charge on any atom is 0.217 e. The number of primary amides is 1. The average molecular weight is 419 g/mol. The van der Waals surface area contributed by atoms with Gasteiger partial charge in [0, 0.05) is 18.9 Å². The molecule has 5 nitrogen and oxygen atoms in total. The summed E-state index contributed by atoms with van der Waals surface area (Å²) in [7, 11) is 0. The lowest BCUT2D eigenvalue weighted by atomic mass is 9.90. The first-order chi connectivity index (χ1) is 15.2. The number of H-pyrrole nitrogens is 1. The highest BCUT2D eigenvalue weighted by Crippen LogP contribution is 2.28. The van der Waals surface area contributed by atoms with Crippen molar-refractivity contribution in [1.29, 1.82) is 0 Å². The lowest BCUT2D eigenvalue weighted by Gasteiger charge is -2.23. The number of nitrogens with two attached hydrogens (primary N) is 1. The van der Waals surface area contributed by atoms with Gasteiger partial charge >= 0.3 is 0 Å². The first-order valence-corrected chi connectivity index (χ1v) is 11.7. The van der Waals surface area contributed by atoms with Crippen LogP contribution in [0.3, 0.4) is 0 Å². The fourth-order valence-corrected chi connectivity index (χ4v) is 4.74. The van der Waals surface area contributed by atoms with Gasteiger partial charge in [0.05, 0.1) is 11.0 Å². The van der Waals surface area contributed by atoms with Gasteiger partial charge in [0.25, 0.3) is 0 Å². The molecule has 1 aromatic heterocycles. The molecule has 1 aliphatic heterocycles. The summed E-state index contributed by atoms with van der Waals surface area (Å²) in [5, 5.41) is 0. The minimum Gasteiger partial charge on any atom is -0.370 e. The van der Waals surface area contributed by atoms with Crippen molar-refractivity contribution in [2.75, 3.05) is 13.1 Å². The molecule has 1 aliphatic rings. The van der Waals surface area contributed by atoms with Gasteiger partial charge in [-0.25, -0.2) is 4.98 Å². The van der Waals surface area contributed by atoms with Crippen LogP contribution in [0, 0.1) is 0 Å². The molecule has 2 heterocycles. The van der Waals surface area contributed by atoms with Crippen molar-refractivity contribution < 1.29 is 4.79 Å². The highest BCUT2D eigenvalue weighted by atomic mass is 16.1. The minimum atomic E-state index is -0.232. The molecule has 4 rings (SSSR count). The number of imidazole rings is 1. The van der Waals surface area contributed by atoms with E-state index in [0.717, 1.165) is 42.7 Å². The largest absolute Gasteiger partial charge is 0.370 e. The molecule has 1 amide bonds. The number of hydrogen-bond acceptors (Lipinski definition) is 3. The topological polar surface area (TPSA) is 75.0 Å². The summed E-state index contributed by atoms with van der Waals surface area (Å²) >= 11 is 0. The molecule has 0 saturated carbocycles. The fraction of sp³-hybridized carbons (Fsp3) is 0.462. The molecule has 3 N–H and O–H groups in total. The van der Waals surface area contributed by atoms with E-state index in [4.69, 9.17) is 10.7 Å². The number of carbonyl (C=O) groups is 1. The molecule has 1 saturated heterocycles. The van der Waals surface area contributed by atoms with Crippen LogP contribution in [0.5, 0.6) is 0 Å². The highest BCUT2D eigenvalue weighted by molar-refractivity contribution is 5.75. The smallest absolute Gasteiger partial charge is 0.217 e. The Labute approximate surface area is 185 Å². The molecule has 1 fully saturated rings. The van der Waals surface area contributed by atoms with Crippen molar-refractivity contribution in [1.82, 2.24) is 14.9 Å². The predicted molar refractivity (Wildman–Crippen MR) is 126 cm³/mol. The fourth-order valence-electron chi connectivity index (χ4n) is 4.74. The second-order valence-corrected chi connectivity index (χ2v) is 8.86. The number of aromatic amines is 1. The van der Waals surface area contributed by atoms with Crippen molar-refractivity contribution in [3.05, 3.63) is 65.5 Å². The third-order valence-electron chi connectivity index (χ3n) is 6.45. The van der Waals surface area contributed by atoms with E-state index in [1.807, 2.05) is 18.2 Å². The number of fused-ring (bicyclic) bond motifs is 1. The molecule has 0 bridgehead atoms. The van der Waals surface area contributed by atoms with Crippen molar-refractivity contribution >= 4 is 16.9 Å². The van der Waals surface area contributed by atoms with E-state index in [1.165, 1.54) is 49.9 Å². The summed E-state index contributed by atoms with van der Waals surface area (Å²) in [6, 6.07) is 17.0. The van der Waals surface area contributed by atoms with Crippen molar-refractivity contribution in [2.24, 2.45) is 5.73 Å². The van der Waals surface area contributed by atoms with Gasteiger partial charge in [0.2, 0.25) is 5.91 Å². The van der Waals surface area contributed by atoms with E-state index >= 15 is 0 Å². The summed E-state index contributed by atoms with van der Waals surface area (Å²) in [5.41, 5.74) is 10.3. The van der Waals surface area contributed by atoms with Gasteiger partial charge in [-0.3, -0.25) is 9.69 Å². The van der Waals surface area contributed by atoms with Crippen LogP contribution in [0.25, 0.3) is 11.0 Å². The van der Waals surface area contributed by atoms with Crippen LogP contribution in [0.15, 0.2) is 48.5 Å². The summed E-state index contributed by atoms with van der Waals surface area (Å²) in [4.78, 5) is 22.3. The van der Waals surface area contributed by atoms with Gasteiger partial charge in [0.1, 0.15) is 5.82 Å². The van der Waals surface area contributed by atoms with Crippen molar-refractivity contribution in [2.45, 2.75) is 63.8 Å². The molecule has 2 aromatic carbocycles. The first kappa shape index (κ1) is 21.6. The number of amides is 1. The normalized spacial score (nSPS) is 16.3. The van der Waals surface area contributed by atoms with Gasteiger partial charge in [-0.1, -0.05) is 49.2 Å². The number of para-hydroxylation sites is 2. The van der Waals surface area contributed by atoms with Crippen LogP contribution in [0.1, 0.15) is 67.8 Å². The minimum absolute atomic E-state index is 0.232. The number of hydrogen-bond donors (Lipinski definition) is 2. The zero-order valence-electron chi connectivity index (χ0n) is 18.4. The molecule has 31 heavy (non-hydrogen) atoms. The van der Waals surface area contributed by atoms with Crippen LogP contribution in [-0.2, 0) is 17.8 Å². The van der Waals surface area contributed by atoms with Crippen LogP contribution < -0.4 is 5.73 Å². The van der Waals surface area contributed by atoms with Gasteiger partial charge < -0.3 is 10.7 Å². The Balaban J connectivity index is 1.55. The Kier molecular flexibility index (Phi) is 7.36. The Morgan fingerprint density at radius 3 is 2.45 bits per heavy atom. The SMILES string of the molecule is NC(=O)CCCC(Cc1ccccc1CN1CCCCCC1)c1nc2ccccc2[nH]1. The van der Waals surface area contributed by atoms with E-state index < -0.39 is 0 Å². The third kappa shape index (κ3) is 5.95. The zero-order valence-corrected chi connectivity index (χ0v) is 18.4. The van der Waals surface area contributed by atoms with E-state index in [0.29, 0.717) is 6.42 Å². The molecule has 0 spiro atoms. The van der Waals surface area contributed by atoms with Gasteiger partial charge in [-0.05, 0) is 68.5 Å². The van der Waals surface area contributed by atoms with Crippen molar-refractivity contribution in [3.63, 3.8) is 0 Å². The van der Waals surface area contributed by atoms with Crippen LogP contribution in [0.4, 0.5) is 0 Å². The lowest BCUT2D eigenvalue weighted by Crippen LogP contribution is -2.24. The van der Waals surface area contributed by atoms with Crippen LogP contribution in [-0.4, -0.2) is 33.9 Å². The van der Waals surface area contributed by atoms with Gasteiger partial charge in [-0.15, -0.1) is 0 Å². The molecule has 1 atom stereocenters. The Morgan fingerprint density at radius 2 is 1.71 bits per heavy atom. The number of benzene rings is 2. The average Bonchev–Trinajstić information content (AvgIpc) is 3.03. The van der Waals surface area contributed by atoms with Gasteiger partial charge in [0.15, 0.2) is 0 Å². The second-order valence-electron chi connectivity index (χ2n) is 8.86. The Bertz CT molecular complexity index is 955. The standard InChI is InChI=1S/C26H34N4O/c27-25(31)15-9-12-21(26-28-23-13-5-6-14-24(23)29-26)18-20-10-3-4-11-22(20)19-30-16-7-1-2-8-17-30/h3-6,10-11,13-14,21H,1-2,7-9,12,15-19H2,(H2,27,31)(H,28,29). The number of carbonyl (C=O) groups excluding carboxylic acids is 1. The summed E-state index contributed by atoms with van der Waals surface area (Å²) in [5.74, 6) is 1.01. The first-order valence-electron chi connectivity index (χ1n) is 11.7. The number of rotatable bonds is 9. The maximum absolute atomic E-state index is 11.3. The van der Waals surface area contributed by atoms with Crippen molar-refractivity contribution in [3.8, 4) is 0 Å². The second kappa shape index (κ2) is 10.6. The molecule has 0 aliphatic carbocycles. The number of aromatic nitrogens is 2. The maximum atomic E-state index is 11.3. The van der Waals surface area contributed by atoms with E-state index in [9.17, 15) is 4.79 Å². The van der Waals surface area contributed by atoms with Gasteiger partial charge in [-0.2, -0.15) is 0 Å². The number of likely N-dealkylation sites (tertiary alicyclic amines) is 1. The molecule has 164 valence electrons. The molecular weight excluding hydrogens is 384 g/mol. The molecule has 5 heteroatoms. The number of nitrogens with zero attached hydrogens (tertiary/aromatic N) is 2. The molecule has 0 radical (unpaired) electrons. The lowest BCUT2D eigenvalue weighted by molar-refractivity contribution is -0.118. The van der Waals surface area contributed by atoms with E-state index in [-0.39, 0.29) is 11.8 Å². The molecular formula is C26H34N4O. The zero-order chi connectivity index (χ0) is 21.5. The third-order valence-corrected chi connectivity index (χ3v) is 6.45. The number of nitrogens with one attached hydrogen (secondary N) is 1. The van der Waals surface area contributed by atoms with E-state index in [1.54, 1.807) is 0 Å². The molecule has 1 unspecified atom stereocenters. The molecule has 3 aromatic rings. The van der Waals surface area contributed by atoms with Crippen LogP contribution in [0.2, 0.25) is 0 Å². The monoisotopic (exact) mass is 418 g/mol. The van der Waals surface area contributed by atoms with Crippen LogP contribution >= 0.6 is 0 Å². The summed E-state index contributed by atoms with van der Waals surface area (Å²) < 4.78 is 0. The Hall–Kier alpha value is -2.66. The highest BCUT2D eigenvalue weighted by Gasteiger charge is 2.19. The van der Waals surface area contributed by atoms with E-state index in [2.05, 4.69) is 40.2 Å². The summed E-state index contributed by atoms with van der Waals surface area (Å²) in [6.07, 6.45) is 8.33. The Morgan fingerprint density at radius 1 is 1.00 bits per heavy atom. The summed E-state index contributed by atoms with van der Waals surface area (Å²) in [6.45, 7) is 3.41.